The molecule has 0 aliphatic rings. The maximum absolute atomic E-state index is 10.4. The quantitative estimate of drug-likeness (QED) is 0.477. The van der Waals surface area contributed by atoms with Gasteiger partial charge in [-0.25, -0.2) is 0 Å². The Labute approximate surface area is 91.7 Å². The van der Waals surface area contributed by atoms with E-state index in [1.807, 2.05) is 6.07 Å². The maximum atomic E-state index is 10.4. The average molecular weight is 208 g/mol. The highest BCUT2D eigenvalue weighted by molar-refractivity contribution is 5.70. The van der Waals surface area contributed by atoms with Gasteiger partial charge in [-0.1, -0.05) is 39.0 Å². The van der Waals surface area contributed by atoms with Gasteiger partial charge in [-0.15, -0.1) is 0 Å². The molecule has 0 N–H and O–H groups in total. The van der Waals surface area contributed by atoms with Crippen LogP contribution in [0.5, 0.6) is 0 Å². The SMILES string of the molecule is CCCCCCCCc1coc(C=O)c1. The lowest BCUT2D eigenvalue weighted by Gasteiger charge is -1.98. The van der Waals surface area contributed by atoms with E-state index in [1.54, 1.807) is 6.26 Å². The van der Waals surface area contributed by atoms with Crippen LogP contribution in [-0.2, 0) is 6.42 Å². The van der Waals surface area contributed by atoms with Crippen LogP contribution in [-0.4, -0.2) is 6.29 Å². The molecule has 1 rings (SSSR count). The fourth-order valence-corrected chi connectivity index (χ4v) is 1.70. The van der Waals surface area contributed by atoms with Gasteiger partial charge in [0.2, 0.25) is 0 Å². The molecule has 0 spiro atoms. The van der Waals surface area contributed by atoms with E-state index in [0.29, 0.717) is 5.76 Å². The minimum Gasteiger partial charge on any atom is -0.461 e. The molecule has 0 atom stereocenters. The van der Waals surface area contributed by atoms with Crippen molar-refractivity contribution < 1.29 is 9.21 Å². The van der Waals surface area contributed by atoms with Gasteiger partial charge < -0.3 is 4.42 Å². The van der Waals surface area contributed by atoms with Gasteiger partial charge >= 0.3 is 0 Å². The van der Waals surface area contributed by atoms with Crippen LogP contribution >= 0.6 is 0 Å². The highest BCUT2D eigenvalue weighted by Crippen LogP contribution is 2.11. The molecule has 0 saturated heterocycles. The Bertz CT molecular complexity index is 276. The Hall–Kier alpha value is -1.05. The van der Waals surface area contributed by atoms with Crippen LogP contribution in [0.25, 0.3) is 0 Å². The number of carbonyl (C=O) groups excluding carboxylic acids is 1. The Morgan fingerprint density at radius 1 is 1.20 bits per heavy atom. The summed E-state index contributed by atoms with van der Waals surface area (Å²) in [7, 11) is 0. The predicted octanol–water partition coefficient (Wildman–Crippen LogP) is 4.00. The van der Waals surface area contributed by atoms with Crippen molar-refractivity contribution >= 4 is 6.29 Å². The zero-order valence-electron chi connectivity index (χ0n) is 9.50. The molecule has 0 radical (unpaired) electrons. The number of hydrogen-bond donors (Lipinski definition) is 0. The van der Waals surface area contributed by atoms with Crippen molar-refractivity contribution in [2.45, 2.75) is 51.9 Å². The predicted molar refractivity (Wildman–Crippen MR) is 61.2 cm³/mol. The molecule has 1 aromatic rings. The van der Waals surface area contributed by atoms with E-state index in [1.165, 1.54) is 38.5 Å². The molecule has 0 amide bonds. The van der Waals surface area contributed by atoms with Gasteiger partial charge in [-0.3, -0.25) is 4.79 Å². The average Bonchev–Trinajstić information content (AvgIpc) is 2.71. The summed E-state index contributed by atoms with van der Waals surface area (Å²) < 4.78 is 5.04. The van der Waals surface area contributed by atoms with E-state index in [4.69, 9.17) is 4.42 Å². The summed E-state index contributed by atoms with van der Waals surface area (Å²) >= 11 is 0. The van der Waals surface area contributed by atoms with Crippen LogP contribution in [0.15, 0.2) is 16.7 Å². The number of aldehydes is 1. The summed E-state index contributed by atoms with van der Waals surface area (Å²) in [6.45, 7) is 2.23. The lowest BCUT2D eigenvalue weighted by Crippen LogP contribution is -1.83. The van der Waals surface area contributed by atoms with Crippen molar-refractivity contribution in [1.82, 2.24) is 0 Å². The molecule has 2 heteroatoms. The highest BCUT2D eigenvalue weighted by atomic mass is 16.3. The Kier molecular flexibility index (Phi) is 5.83. The smallest absolute Gasteiger partial charge is 0.185 e. The van der Waals surface area contributed by atoms with E-state index in [2.05, 4.69) is 6.92 Å². The fourth-order valence-electron chi connectivity index (χ4n) is 1.70. The first kappa shape index (κ1) is 12.0. The van der Waals surface area contributed by atoms with Gasteiger partial charge in [0.25, 0.3) is 0 Å². The fraction of sp³-hybridized carbons (Fsp3) is 0.615. The maximum Gasteiger partial charge on any atom is 0.185 e. The van der Waals surface area contributed by atoms with Crippen LogP contribution < -0.4 is 0 Å². The molecule has 0 unspecified atom stereocenters. The molecule has 0 bridgehead atoms. The molecule has 15 heavy (non-hydrogen) atoms. The number of rotatable bonds is 8. The monoisotopic (exact) mass is 208 g/mol. The third-order valence-electron chi connectivity index (χ3n) is 2.61. The van der Waals surface area contributed by atoms with Crippen LogP contribution in [0.1, 0.15) is 61.6 Å². The van der Waals surface area contributed by atoms with Crippen LogP contribution in [0.4, 0.5) is 0 Å². The van der Waals surface area contributed by atoms with Gasteiger partial charge in [0.05, 0.1) is 6.26 Å². The molecule has 0 aliphatic heterocycles. The van der Waals surface area contributed by atoms with Gasteiger partial charge in [0.15, 0.2) is 12.0 Å². The normalized spacial score (nSPS) is 10.5. The van der Waals surface area contributed by atoms with Crippen molar-refractivity contribution in [2.75, 3.05) is 0 Å². The zero-order chi connectivity index (χ0) is 10.9. The first-order chi connectivity index (χ1) is 7.36. The van der Waals surface area contributed by atoms with Gasteiger partial charge in [0, 0.05) is 0 Å². The number of aryl methyl sites for hydroxylation is 1. The molecule has 1 aromatic heterocycles. The third kappa shape index (κ3) is 4.82. The summed E-state index contributed by atoms with van der Waals surface area (Å²) in [5, 5.41) is 0. The largest absolute Gasteiger partial charge is 0.461 e. The van der Waals surface area contributed by atoms with E-state index in [0.717, 1.165) is 18.3 Å². The summed E-state index contributed by atoms with van der Waals surface area (Å²) in [5.74, 6) is 0.441. The molecule has 0 saturated carbocycles. The lowest BCUT2D eigenvalue weighted by molar-refractivity contribution is 0.110. The second kappa shape index (κ2) is 7.27. The molecule has 84 valence electrons. The first-order valence-electron chi connectivity index (χ1n) is 5.89. The summed E-state index contributed by atoms with van der Waals surface area (Å²) in [4.78, 5) is 10.4. The van der Waals surface area contributed by atoms with Crippen molar-refractivity contribution in [1.29, 1.82) is 0 Å². The zero-order valence-corrected chi connectivity index (χ0v) is 9.50. The number of carbonyl (C=O) groups is 1. The minimum absolute atomic E-state index is 0.441. The number of furan rings is 1. The standard InChI is InChI=1S/C13H20O2/c1-2-3-4-5-6-7-8-12-9-13(10-14)15-11-12/h9-11H,2-8H2,1H3. The van der Waals surface area contributed by atoms with Crippen LogP contribution in [0, 0.1) is 0 Å². The van der Waals surface area contributed by atoms with Gasteiger partial charge in [-0.05, 0) is 24.5 Å². The van der Waals surface area contributed by atoms with E-state index < -0.39 is 0 Å². The minimum atomic E-state index is 0.441. The lowest BCUT2D eigenvalue weighted by atomic mass is 10.1. The third-order valence-corrected chi connectivity index (χ3v) is 2.61. The molecule has 2 nitrogen and oxygen atoms in total. The number of hydrogen-bond acceptors (Lipinski definition) is 2. The van der Waals surface area contributed by atoms with Crippen molar-refractivity contribution in [3.63, 3.8) is 0 Å². The molecule has 0 aromatic carbocycles. The summed E-state index contributed by atoms with van der Waals surface area (Å²) in [6, 6.07) is 1.83. The molecular formula is C13H20O2. The molecule has 0 aliphatic carbocycles. The van der Waals surface area contributed by atoms with Crippen LogP contribution in [0.3, 0.4) is 0 Å². The Morgan fingerprint density at radius 3 is 2.60 bits per heavy atom. The van der Waals surface area contributed by atoms with Crippen molar-refractivity contribution in [2.24, 2.45) is 0 Å². The van der Waals surface area contributed by atoms with Gasteiger partial charge in [0.1, 0.15) is 0 Å². The van der Waals surface area contributed by atoms with Crippen LogP contribution in [0.2, 0.25) is 0 Å². The van der Waals surface area contributed by atoms with E-state index in [-0.39, 0.29) is 0 Å². The summed E-state index contributed by atoms with van der Waals surface area (Å²) in [6.07, 6.45) is 11.3. The first-order valence-corrected chi connectivity index (χ1v) is 5.89. The molecular weight excluding hydrogens is 188 g/mol. The highest BCUT2D eigenvalue weighted by Gasteiger charge is 1.99. The van der Waals surface area contributed by atoms with Crippen molar-refractivity contribution in [3.05, 3.63) is 23.7 Å². The number of unbranched alkanes of at least 4 members (excludes halogenated alkanes) is 5. The molecule has 1 heterocycles. The summed E-state index contributed by atoms with van der Waals surface area (Å²) in [5.41, 5.74) is 1.15. The van der Waals surface area contributed by atoms with Gasteiger partial charge in [-0.2, -0.15) is 0 Å². The topological polar surface area (TPSA) is 30.2 Å². The van der Waals surface area contributed by atoms with E-state index in [9.17, 15) is 4.79 Å². The second-order valence-electron chi connectivity index (χ2n) is 3.99. The Morgan fingerprint density at radius 2 is 1.93 bits per heavy atom. The van der Waals surface area contributed by atoms with Crippen molar-refractivity contribution in [3.8, 4) is 0 Å². The Balaban J connectivity index is 2.07. The molecule has 0 fully saturated rings. The van der Waals surface area contributed by atoms with E-state index >= 15 is 0 Å². The second-order valence-corrected chi connectivity index (χ2v) is 3.99.